The highest BCUT2D eigenvalue weighted by Gasteiger charge is 2.57. The standard InChI is InChI=1S/C34H56O2/c1-4-5-6-11-14-25(2)15-12-9-7-8-10-13-16-27-24-34(3)31(21-22-32(34)36)30-19-17-26-23-28(35)18-20-29(26)33(27)30/h18,20,23,25,27,30-33,35-36H,4-17,19,21-22,24H2,1-3H3/t25?,27-,30?,31?,32-,33?,34-/m0/s1. The maximum Gasteiger partial charge on any atom is 0.115 e. The average molecular weight is 497 g/mol. The van der Waals surface area contributed by atoms with Crippen LogP contribution in [0.1, 0.15) is 147 Å². The van der Waals surface area contributed by atoms with E-state index in [0.717, 1.165) is 18.8 Å². The van der Waals surface area contributed by atoms with E-state index in [-0.39, 0.29) is 11.5 Å². The number of aliphatic hydroxyl groups excluding tert-OH is 1. The average Bonchev–Trinajstić information content (AvgIpc) is 3.16. The number of aromatic hydroxyl groups is 1. The minimum Gasteiger partial charge on any atom is -0.508 e. The highest BCUT2D eigenvalue weighted by molar-refractivity contribution is 5.40. The van der Waals surface area contributed by atoms with Crippen LogP contribution in [-0.4, -0.2) is 16.3 Å². The van der Waals surface area contributed by atoms with Crippen molar-refractivity contribution in [1.29, 1.82) is 0 Å². The van der Waals surface area contributed by atoms with E-state index in [1.807, 2.05) is 12.1 Å². The molecule has 0 spiro atoms. The van der Waals surface area contributed by atoms with Gasteiger partial charge in [-0.15, -0.1) is 0 Å². The van der Waals surface area contributed by atoms with Crippen LogP contribution < -0.4 is 0 Å². The number of aliphatic hydroxyl groups is 1. The lowest BCUT2D eigenvalue weighted by molar-refractivity contribution is -0.0501. The van der Waals surface area contributed by atoms with Crippen molar-refractivity contribution in [1.82, 2.24) is 0 Å². The molecule has 0 heterocycles. The maximum atomic E-state index is 11.0. The van der Waals surface area contributed by atoms with E-state index in [2.05, 4.69) is 26.8 Å². The fraction of sp³-hybridized carbons (Fsp3) is 0.824. The van der Waals surface area contributed by atoms with Gasteiger partial charge in [0.1, 0.15) is 5.75 Å². The van der Waals surface area contributed by atoms with Crippen LogP contribution in [0.15, 0.2) is 18.2 Å². The zero-order chi connectivity index (χ0) is 25.5. The van der Waals surface area contributed by atoms with Crippen molar-refractivity contribution in [3.05, 3.63) is 29.3 Å². The lowest BCUT2D eigenvalue weighted by Gasteiger charge is -2.54. The van der Waals surface area contributed by atoms with Gasteiger partial charge in [0.2, 0.25) is 0 Å². The molecular weight excluding hydrogens is 440 g/mol. The fourth-order valence-corrected chi connectivity index (χ4v) is 8.80. The third-order valence-electron chi connectivity index (χ3n) is 10.9. The van der Waals surface area contributed by atoms with Gasteiger partial charge in [-0.2, -0.15) is 0 Å². The Kier molecular flexibility index (Phi) is 10.2. The van der Waals surface area contributed by atoms with Crippen molar-refractivity contribution in [2.45, 2.75) is 148 Å². The summed E-state index contributed by atoms with van der Waals surface area (Å²) in [5.41, 5.74) is 3.04. The first-order valence-electron chi connectivity index (χ1n) is 15.9. The lowest BCUT2D eigenvalue weighted by atomic mass is 9.51. The second-order valence-corrected chi connectivity index (χ2v) is 13.4. The first kappa shape index (κ1) is 28.0. The minimum absolute atomic E-state index is 0.110. The van der Waals surface area contributed by atoms with Crippen molar-refractivity contribution in [3.63, 3.8) is 0 Å². The van der Waals surface area contributed by atoms with Gasteiger partial charge in [-0.3, -0.25) is 0 Å². The number of aryl methyl sites for hydroxylation is 1. The zero-order valence-electron chi connectivity index (χ0n) is 23.8. The summed E-state index contributed by atoms with van der Waals surface area (Å²) in [6.45, 7) is 7.17. The van der Waals surface area contributed by atoms with Crippen LogP contribution in [0.5, 0.6) is 5.75 Å². The summed E-state index contributed by atoms with van der Waals surface area (Å²) in [6, 6.07) is 6.20. The van der Waals surface area contributed by atoms with Gasteiger partial charge in [0.05, 0.1) is 6.10 Å². The van der Waals surface area contributed by atoms with Gasteiger partial charge in [-0.25, -0.2) is 0 Å². The van der Waals surface area contributed by atoms with Crippen LogP contribution in [-0.2, 0) is 6.42 Å². The van der Waals surface area contributed by atoms with Gasteiger partial charge in [0, 0.05) is 0 Å². The molecule has 0 saturated heterocycles. The van der Waals surface area contributed by atoms with Gasteiger partial charge < -0.3 is 10.2 Å². The molecule has 7 atom stereocenters. The number of unbranched alkanes of at least 4 members (excludes halogenated alkanes) is 8. The Bertz CT molecular complexity index is 802. The summed E-state index contributed by atoms with van der Waals surface area (Å²) >= 11 is 0. The summed E-state index contributed by atoms with van der Waals surface area (Å²) in [4.78, 5) is 0. The Balaban J connectivity index is 1.24. The predicted octanol–water partition coefficient (Wildman–Crippen LogP) is 9.56. The van der Waals surface area contributed by atoms with Crippen molar-refractivity contribution in [2.24, 2.45) is 29.1 Å². The van der Waals surface area contributed by atoms with Crippen LogP contribution in [0.2, 0.25) is 0 Å². The SMILES string of the molecule is CCCCCCC(C)CCCCCCCC[C@H]1C[C@@]2(C)C(CC[C@@H]2O)C2CCc3cc(O)ccc3C21. The summed E-state index contributed by atoms with van der Waals surface area (Å²) < 4.78 is 0. The molecule has 2 fully saturated rings. The predicted molar refractivity (Wildman–Crippen MR) is 152 cm³/mol. The monoisotopic (exact) mass is 496 g/mol. The number of rotatable bonds is 14. The number of benzene rings is 1. The van der Waals surface area contributed by atoms with E-state index in [0.29, 0.717) is 29.4 Å². The van der Waals surface area contributed by atoms with Gasteiger partial charge in [0.15, 0.2) is 0 Å². The second-order valence-electron chi connectivity index (χ2n) is 13.4. The second kappa shape index (κ2) is 13.2. The molecule has 2 heteroatoms. The minimum atomic E-state index is -0.110. The van der Waals surface area contributed by atoms with Gasteiger partial charge >= 0.3 is 0 Å². The topological polar surface area (TPSA) is 40.5 Å². The molecular formula is C34H56O2. The zero-order valence-corrected chi connectivity index (χ0v) is 23.8. The van der Waals surface area contributed by atoms with Crippen molar-refractivity contribution >= 4 is 0 Å². The number of fused-ring (bicyclic) bond motifs is 5. The molecule has 204 valence electrons. The molecule has 2 saturated carbocycles. The van der Waals surface area contributed by atoms with Gasteiger partial charge in [-0.1, -0.05) is 104 Å². The van der Waals surface area contributed by atoms with Crippen LogP contribution in [0.4, 0.5) is 0 Å². The molecule has 4 rings (SSSR count). The normalized spacial score (nSPS) is 32.1. The summed E-state index contributed by atoms with van der Waals surface area (Å²) in [5, 5.41) is 21.1. The molecule has 36 heavy (non-hydrogen) atoms. The van der Waals surface area contributed by atoms with E-state index in [4.69, 9.17) is 0 Å². The van der Waals surface area contributed by atoms with Crippen molar-refractivity contribution < 1.29 is 10.2 Å². The number of phenolic OH excluding ortho intramolecular Hbond substituents is 1. The van der Waals surface area contributed by atoms with E-state index in [1.54, 1.807) is 0 Å². The summed E-state index contributed by atoms with van der Waals surface area (Å²) in [6.07, 6.45) is 23.7. The fourth-order valence-electron chi connectivity index (χ4n) is 8.80. The third-order valence-corrected chi connectivity index (χ3v) is 10.9. The molecule has 2 N–H and O–H groups in total. The van der Waals surface area contributed by atoms with E-state index < -0.39 is 0 Å². The van der Waals surface area contributed by atoms with Crippen LogP contribution in [0.3, 0.4) is 0 Å². The summed E-state index contributed by atoms with van der Waals surface area (Å²) in [5.74, 6) is 4.04. The van der Waals surface area contributed by atoms with E-state index in [1.165, 1.54) is 114 Å². The molecule has 0 aliphatic heterocycles. The molecule has 0 aromatic heterocycles. The number of hydrogen-bond donors (Lipinski definition) is 2. The Labute approximate surface area is 222 Å². The van der Waals surface area contributed by atoms with Gasteiger partial charge in [-0.05, 0) is 96.8 Å². The molecule has 0 amide bonds. The largest absolute Gasteiger partial charge is 0.508 e. The Morgan fingerprint density at radius 2 is 1.61 bits per heavy atom. The molecule has 3 aliphatic carbocycles. The van der Waals surface area contributed by atoms with E-state index in [9.17, 15) is 10.2 Å². The third kappa shape index (κ3) is 6.51. The molecule has 2 nitrogen and oxygen atoms in total. The first-order chi connectivity index (χ1) is 17.4. The smallest absolute Gasteiger partial charge is 0.115 e. The van der Waals surface area contributed by atoms with Crippen LogP contribution in [0, 0.1) is 29.1 Å². The summed E-state index contributed by atoms with van der Waals surface area (Å²) in [7, 11) is 0. The van der Waals surface area contributed by atoms with Crippen LogP contribution in [0.25, 0.3) is 0 Å². The highest BCUT2D eigenvalue weighted by atomic mass is 16.3. The van der Waals surface area contributed by atoms with Gasteiger partial charge in [0.25, 0.3) is 0 Å². The maximum absolute atomic E-state index is 11.0. The quantitative estimate of drug-likeness (QED) is 0.252. The molecule has 1 aromatic carbocycles. The highest BCUT2D eigenvalue weighted by Crippen LogP contribution is 2.63. The number of hydrogen-bond acceptors (Lipinski definition) is 2. The Morgan fingerprint density at radius 3 is 2.36 bits per heavy atom. The van der Waals surface area contributed by atoms with Crippen molar-refractivity contribution in [3.8, 4) is 5.75 Å². The Hall–Kier alpha value is -1.02. The number of phenols is 1. The molecule has 4 unspecified atom stereocenters. The van der Waals surface area contributed by atoms with Crippen LogP contribution >= 0.6 is 0 Å². The molecule has 3 aliphatic rings. The molecule has 0 bridgehead atoms. The Morgan fingerprint density at radius 1 is 0.917 bits per heavy atom. The molecule has 1 aromatic rings. The first-order valence-corrected chi connectivity index (χ1v) is 15.9. The van der Waals surface area contributed by atoms with E-state index >= 15 is 0 Å². The van der Waals surface area contributed by atoms with Crippen molar-refractivity contribution in [2.75, 3.05) is 0 Å². The lowest BCUT2D eigenvalue weighted by Crippen LogP contribution is -2.47. The molecule has 0 radical (unpaired) electrons.